The Hall–Kier alpha value is -1.88. The van der Waals surface area contributed by atoms with Crippen molar-refractivity contribution >= 4 is 17.2 Å². The van der Waals surface area contributed by atoms with Crippen molar-refractivity contribution in [3.63, 3.8) is 0 Å². The second-order valence-electron chi connectivity index (χ2n) is 4.68. The van der Waals surface area contributed by atoms with Gasteiger partial charge in [-0.15, -0.1) is 11.3 Å². The van der Waals surface area contributed by atoms with Crippen LogP contribution in [0.25, 0.3) is 0 Å². The number of carbonyl (C=O) groups excluding carboxylic acids is 1. The Labute approximate surface area is 115 Å². The minimum absolute atomic E-state index is 0.0257. The Kier molecular flexibility index (Phi) is 3.21. The lowest BCUT2D eigenvalue weighted by Crippen LogP contribution is -2.32. The van der Waals surface area contributed by atoms with Crippen LogP contribution in [-0.2, 0) is 6.54 Å². The van der Waals surface area contributed by atoms with Crippen molar-refractivity contribution in [3.05, 3.63) is 46.4 Å². The maximum atomic E-state index is 12.5. The SMILES string of the molecule is O=C(c1cncc(O)c1)N(Cc1cccs1)C1CC1. The molecule has 5 heteroatoms. The summed E-state index contributed by atoms with van der Waals surface area (Å²) in [6.07, 6.45) is 4.95. The zero-order valence-electron chi connectivity index (χ0n) is 10.3. The normalized spacial score (nSPS) is 14.3. The lowest BCUT2D eigenvalue weighted by atomic mass is 10.2. The summed E-state index contributed by atoms with van der Waals surface area (Å²) in [5.74, 6) is -0.0305. The number of nitrogens with zero attached hydrogens (tertiary/aromatic N) is 2. The third-order valence-electron chi connectivity index (χ3n) is 3.13. The van der Waals surface area contributed by atoms with Crippen LogP contribution in [0, 0.1) is 0 Å². The highest BCUT2D eigenvalue weighted by Gasteiger charge is 2.33. The number of aromatic nitrogens is 1. The van der Waals surface area contributed by atoms with Gasteiger partial charge in [-0.05, 0) is 30.4 Å². The fourth-order valence-corrected chi connectivity index (χ4v) is 2.74. The van der Waals surface area contributed by atoms with Crippen molar-refractivity contribution in [2.75, 3.05) is 0 Å². The summed E-state index contributed by atoms with van der Waals surface area (Å²) in [5, 5.41) is 11.4. The number of aromatic hydroxyl groups is 1. The van der Waals surface area contributed by atoms with Gasteiger partial charge in [0, 0.05) is 17.1 Å². The fraction of sp³-hybridized carbons (Fsp3) is 0.286. The molecule has 1 N–H and O–H groups in total. The molecule has 2 aromatic heterocycles. The third kappa shape index (κ3) is 2.76. The van der Waals surface area contributed by atoms with Crippen molar-refractivity contribution < 1.29 is 9.90 Å². The highest BCUT2D eigenvalue weighted by Crippen LogP contribution is 2.30. The van der Waals surface area contributed by atoms with E-state index in [1.807, 2.05) is 22.4 Å². The standard InChI is InChI=1S/C14H14N2O2S/c17-12-6-10(7-15-8-12)14(18)16(11-3-4-11)9-13-2-1-5-19-13/h1-2,5-8,11,17H,3-4,9H2. The number of hydrogen-bond donors (Lipinski definition) is 1. The summed E-state index contributed by atoms with van der Waals surface area (Å²) in [5.41, 5.74) is 0.448. The predicted octanol–water partition coefficient (Wildman–Crippen LogP) is 2.65. The summed E-state index contributed by atoms with van der Waals surface area (Å²) in [6.45, 7) is 0.636. The van der Waals surface area contributed by atoms with Gasteiger partial charge in [0.05, 0.1) is 18.3 Å². The van der Waals surface area contributed by atoms with Crippen LogP contribution in [0.5, 0.6) is 5.75 Å². The van der Waals surface area contributed by atoms with Gasteiger partial charge in [-0.3, -0.25) is 9.78 Å². The zero-order chi connectivity index (χ0) is 13.2. The Bertz CT molecular complexity index is 579. The van der Waals surface area contributed by atoms with Crippen LogP contribution >= 0.6 is 11.3 Å². The molecule has 0 atom stereocenters. The van der Waals surface area contributed by atoms with Crippen molar-refractivity contribution in [2.45, 2.75) is 25.4 Å². The van der Waals surface area contributed by atoms with Crippen molar-refractivity contribution in [1.82, 2.24) is 9.88 Å². The quantitative estimate of drug-likeness (QED) is 0.932. The molecular formula is C14H14N2O2S. The third-order valence-corrected chi connectivity index (χ3v) is 3.99. The Morgan fingerprint density at radius 3 is 2.95 bits per heavy atom. The number of amides is 1. The van der Waals surface area contributed by atoms with Crippen molar-refractivity contribution in [2.24, 2.45) is 0 Å². The topological polar surface area (TPSA) is 53.4 Å². The maximum absolute atomic E-state index is 12.5. The van der Waals surface area contributed by atoms with E-state index in [0.29, 0.717) is 18.2 Å². The highest BCUT2D eigenvalue weighted by atomic mass is 32.1. The van der Waals surface area contributed by atoms with Crippen LogP contribution in [0.1, 0.15) is 28.1 Å². The number of carbonyl (C=O) groups is 1. The molecule has 0 unspecified atom stereocenters. The van der Waals surface area contributed by atoms with Gasteiger partial charge in [0.1, 0.15) is 5.75 Å². The summed E-state index contributed by atoms with van der Waals surface area (Å²) in [6, 6.07) is 5.83. The monoisotopic (exact) mass is 274 g/mol. The molecule has 1 aliphatic carbocycles. The number of pyridine rings is 1. The molecule has 1 aliphatic rings. The molecule has 0 bridgehead atoms. The molecule has 98 valence electrons. The Morgan fingerprint density at radius 1 is 1.47 bits per heavy atom. The predicted molar refractivity (Wildman–Crippen MR) is 73.1 cm³/mol. The minimum atomic E-state index is -0.0562. The molecule has 0 spiro atoms. The first-order chi connectivity index (χ1) is 9.24. The molecule has 2 aromatic rings. The summed E-state index contributed by atoms with van der Waals surface area (Å²) < 4.78 is 0. The first-order valence-electron chi connectivity index (χ1n) is 6.21. The number of hydrogen-bond acceptors (Lipinski definition) is 4. The summed E-state index contributed by atoms with van der Waals surface area (Å²) >= 11 is 1.65. The largest absolute Gasteiger partial charge is 0.506 e. The van der Waals surface area contributed by atoms with Gasteiger partial charge in [-0.2, -0.15) is 0 Å². The number of rotatable bonds is 4. The van der Waals surface area contributed by atoms with Gasteiger partial charge in [-0.25, -0.2) is 0 Å². The second kappa shape index (κ2) is 5.01. The lowest BCUT2D eigenvalue weighted by molar-refractivity contribution is 0.0731. The van der Waals surface area contributed by atoms with Gasteiger partial charge < -0.3 is 10.0 Å². The fourth-order valence-electron chi connectivity index (χ4n) is 2.03. The molecule has 1 saturated carbocycles. The van der Waals surface area contributed by atoms with E-state index in [4.69, 9.17) is 0 Å². The van der Waals surface area contributed by atoms with Crippen LogP contribution in [0.3, 0.4) is 0 Å². The highest BCUT2D eigenvalue weighted by molar-refractivity contribution is 7.09. The minimum Gasteiger partial charge on any atom is -0.506 e. The molecule has 2 heterocycles. The molecular weight excluding hydrogens is 260 g/mol. The number of thiophene rings is 1. The van der Waals surface area contributed by atoms with Gasteiger partial charge in [0.15, 0.2) is 0 Å². The average molecular weight is 274 g/mol. The van der Waals surface area contributed by atoms with Crippen LogP contribution in [0.15, 0.2) is 36.0 Å². The lowest BCUT2D eigenvalue weighted by Gasteiger charge is -2.21. The summed E-state index contributed by atoms with van der Waals surface area (Å²) in [4.78, 5) is 19.4. The van der Waals surface area contributed by atoms with Crippen LogP contribution < -0.4 is 0 Å². The second-order valence-corrected chi connectivity index (χ2v) is 5.71. The van der Waals surface area contributed by atoms with Gasteiger partial charge >= 0.3 is 0 Å². The molecule has 19 heavy (non-hydrogen) atoms. The van der Waals surface area contributed by atoms with Crippen LogP contribution in [0.2, 0.25) is 0 Å². The average Bonchev–Trinajstić information content (AvgIpc) is 3.12. The maximum Gasteiger partial charge on any atom is 0.256 e. The molecule has 1 amide bonds. The zero-order valence-corrected chi connectivity index (χ0v) is 11.1. The Morgan fingerprint density at radius 2 is 2.32 bits per heavy atom. The Balaban J connectivity index is 1.82. The van der Waals surface area contributed by atoms with E-state index in [0.717, 1.165) is 12.8 Å². The van der Waals surface area contributed by atoms with Gasteiger partial charge in [-0.1, -0.05) is 6.07 Å². The van der Waals surface area contributed by atoms with Gasteiger partial charge in [0.2, 0.25) is 0 Å². The van der Waals surface area contributed by atoms with Gasteiger partial charge in [0.25, 0.3) is 5.91 Å². The summed E-state index contributed by atoms with van der Waals surface area (Å²) in [7, 11) is 0. The molecule has 3 rings (SSSR count). The van der Waals surface area contributed by atoms with E-state index in [1.165, 1.54) is 23.3 Å². The van der Waals surface area contributed by atoms with E-state index in [-0.39, 0.29) is 11.7 Å². The van der Waals surface area contributed by atoms with E-state index >= 15 is 0 Å². The molecule has 0 aromatic carbocycles. The van der Waals surface area contributed by atoms with Crippen molar-refractivity contribution in [3.8, 4) is 5.75 Å². The van der Waals surface area contributed by atoms with E-state index in [9.17, 15) is 9.90 Å². The van der Waals surface area contributed by atoms with E-state index in [1.54, 1.807) is 11.3 Å². The van der Waals surface area contributed by atoms with E-state index in [2.05, 4.69) is 4.98 Å². The molecule has 0 saturated heterocycles. The molecule has 0 radical (unpaired) electrons. The first-order valence-corrected chi connectivity index (χ1v) is 7.09. The van der Waals surface area contributed by atoms with E-state index < -0.39 is 0 Å². The smallest absolute Gasteiger partial charge is 0.256 e. The first kappa shape index (κ1) is 12.2. The van der Waals surface area contributed by atoms with Crippen LogP contribution in [-0.4, -0.2) is 26.9 Å². The molecule has 4 nitrogen and oxygen atoms in total. The van der Waals surface area contributed by atoms with Crippen LogP contribution in [0.4, 0.5) is 0 Å². The van der Waals surface area contributed by atoms with Crippen molar-refractivity contribution in [1.29, 1.82) is 0 Å². The molecule has 0 aliphatic heterocycles. The molecule has 1 fully saturated rings.